The first-order chi connectivity index (χ1) is 4.00. The smallest absolute Gasteiger partial charge is 0.0319 e. The van der Waals surface area contributed by atoms with Crippen molar-refractivity contribution < 1.29 is 20.4 Å². The third-order valence-corrected chi connectivity index (χ3v) is 0. The van der Waals surface area contributed by atoms with Gasteiger partial charge in [-0.1, -0.05) is 0 Å². The Morgan fingerprint density at radius 3 is 0.444 bits per heavy atom. The van der Waals surface area contributed by atoms with Gasteiger partial charge in [0.2, 0.25) is 0 Å². The van der Waals surface area contributed by atoms with Crippen LogP contribution in [0.15, 0.2) is 0 Å². The molecule has 5 heteroatoms. The van der Waals surface area contributed by atoms with Crippen molar-refractivity contribution in [3.8, 4) is 0 Å². The fraction of sp³-hybridized carbons (Fsp3) is 1.00. The van der Waals surface area contributed by atoms with Crippen molar-refractivity contribution in [2.75, 3.05) is 28.4 Å². The summed E-state index contributed by atoms with van der Waals surface area (Å²) in [7, 11) is 4.00. The van der Waals surface area contributed by atoms with Gasteiger partial charge in [-0.2, -0.15) is 0 Å². The van der Waals surface area contributed by atoms with Crippen LogP contribution in [0.1, 0.15) is 0 Å². The topological polar surface area (TPSA) is 80.9 Å². The molecule has 0 unspecified atom stereocenters. The summed E-state index contributed by atoms with van der Waals surface area (Å²) in [4.78, 5) is 0. The molecule has 59 valence electrons. The van der Waals surface area contributed by atoms with Gasteiger partial charge in [0, 0.05) is 45.8 Å². The van der Waals surface area contributed by atoms with Crippen molar-refractivity contribution in [1.82, 2.24) is 0 Å². The number of rotatable bonds is 0. The third kappa shape index (κ3) is 2450. The lowest BCUT2D eigenvalue weighted by atomic mass is 11.8. The van der Waals surface area contributed by atoms with Crippen LogP contribution in [-0.4, -0.2) is 66.2 Å². The number of hydrogen-bond acceptors (Lipinski definition) is 4. The third-order valence-electron chi connectivity index (χ3n) is 0. The number of aliphatic hydroxyl groups excluding tert-OH is 4. The predicted octanol–water partition coefficient (Wildman–Crippen LogP) is -1.95. The highest BCUT2D eigenvalue weighted by atomic mass is 27.0. The van der Waals surface area contributed by atoms with Gasteiger partial charge in [-0.05, 0) is 0 Å². The molecule has 0 spiro atoms. The highest BCUT2D eigenvalue weighted by Crippen LogP contribution is 0.761. The molecule has 0 aromatic carbocycles. The maximum Gasteiger partial charge on any atom is 0.0319 e. The molecule has 0 rings (SSSR count). The monoisotopic (exact) mass is 155 g/mol. The van der Waals surface area contributed by atoms with E-state index in [0.717, 1.165) is 28.4 Å². The second-order valence-electron chi connectivity index (χ2n) is 0. The van der Waals surface area contributed by atoms with Gasteiger partial charge < -0.3 is 20.4 Å². The molecule has 0 aromatic heterocycles. The minimum Gasteiger partial charge on any atom is -0.400 e. The summed E-state index contributed by atoms with van der Waals surface area (Å²) < 4.78 is 0. The van der Waals surface area contributed by atoms with Crippen molar-refractivity contribution in [2.45, 2.75) is 0 Å². The van der Waals surface area contributed by atoms with Crippen molar-refractivity contribution in [3.05, 3.63) is 0 Å². The lowest BCUT2D eigenvalue weighted by Gasteiger charge is -1.21. The van der Waals surface area contributed by atoms with Gasteiger partial charge in [0.25, 0.3) is 0 Å². The van der Waals surface area contributed by atoms with Crippen LogP contribution in [0.5, 0.6) is 0 Å². The second-order valence-corrected chi connectivity index (χ2v) is 0. The van der Waals surface area contributed by atoms with Crippen LogP contribution >= 0.6 is 0 Å². The van der Waals surface area contributed by atoms with Crippen LogP contribution in [0.25, 0.3) is 0 Å². The maximum atomic E-state index is 7.00. The molecule has 0 saturated carbocycles. The molecule has 9 heavy (non-hydrogen) atoms. The average Bonchev–Trinajstić information content (AvgIpc) is 2.03. The summed E-state index contributed by atoms with van der Waals surface area (Å²) in [6.45, 7) is 0. The summed E-state index contributed by atoms with van der Waals surface area (Å²) in [5.74, 6) is 0. The molecule has 3 radical (unpaired) electrons. The number of aliphatic hydroxyl groups is 4. The Bertz CT molecular complexity index is 12.5. The molecule has 0 amide bonds. The van der Waals surface area contributed by atoms with Gasteiger partial charge in [0.1, 0.15) is 0 Å². The first-order valence-corrected chi connectivity index (χ1v) is 1.79. The standard InChI is InChI=1S/4CH4O.Al/c4*1-2;/h4*2H,1H3;. The van der Waals surface area contributed by atoms with E-state index < -0.39 is 0 Å². The quantitative estimate of drug-likeness (QED) is 0.307. The fourth-order valence-corrected chi connectivity index (χ4v) is 0. The molecule has 0 fully saturated rings. The Morgan fingerprint density at radius 2 is 0.444 bits per heavy atom. The zero-order valence-corrected chi connectivity index (χ0v) is 7.52. The predicted molar refractivity (Wildman–Crippen MR) is 38.3 cm³/mol. The van der Waals surface area contributed by atoms with Crippen LogP contribution in [0.4, 0.5) is 0 Å². The molecule has 0 aliphatic rings. The van der Waals surface area contributed by atoms with Crippen LogP contribution in [0, 0.1) is 0 Å². The normalized spacial score (nSPS) is 2.67. The van der Waals surface area contributed by atoms with E-state index in [0.29, 0.717) is 0 Å². The molecule has 0 bridgehead atoms. The average molecular weight is 155 g/mol. The fourth-order valence-electron chi connectivity index (χ4n) is 0. The highest BCUT2D eigenvalue weighted by molar-refractivity contribution is 5.75. The zero-order chi connectivity index (χ0) is 8.00. The largest absolute Gasteiger partial charge is 0.400 e. The van der Waals surface area contributed by atoms with Gasteiger partial charge in [0.15, 0.2) is 0 Å². The molecule has 0 aliphatic carbocycles. The van der Waals surface area contributed by atoms with Gasteiger partial charge in [-0.15, -0.1) is 0 Å². The van der Waals surface area contributed by atoms with E-state index in [1.807, 2.05) is 0 Å². The van der Waals surface area contributed by atoms with Gasteiger partial charge in [-0.3, -0.25) is 0 Å². The van der Waals surface area contributed by atoms with Crippen LogP contribution in [0.3, 0.4) is 0 Å². The first kappa shape index (κ1) is 34.4. The summed E-state index contributed by atoms with van der Waals surface area (Å²) in [6.07, 6.45) is 0. The van der Waals surface area contributed by atoms with E-state index in [2.05, 4.69) is 0 Å². The van der Waals surface area contributed by atoms with Crippen molar-refractivity contribution >= 4 is 17.4 Å². The van der Waals surface area contributed by atoms with Gasteiger partial charge in [0.05, 0.1) is 0 Å². The van der Waals surface area contributed by atoms with Gasteiger partial charge in [-0.25, -0.2) is 0 Å². The van der Waals surface area contributed by atoms with Crippen LogP contribution < -0.4 is 0 Å². The first-order valence-electron chi connectivity index (χ1n) is 1.79. The minimum atomic E-state index is 0. The van der Waals surface area contributed by atoms with Crippen molar-refractivity contribution in [3.63, 3.8) is 0 Å². The molecule has 0 heterocycles. The molecular formula is C4H16AlO4. The summed E-state index contributed by atoms with van der Waals surface area (Å²) in [5, 5.41) is 28.0. The Labute approximate surface area is 66.9 Å². The maximum absolute atomic E-state index is 7.00. The summed E-state index contributed by atoms with van der Waals surface area (Å²) in [5.41, 5.74) is 0. The van der Waals surface area contributed by atoms with E-state index in [-0.39, 0.29) is 17.4 Å². The van der Waals surface area contributed by atoms with Crippen molar-refractivity contribution in [1.29, 1.82) is 0 Å². The van der Waals surface area contributed by atoms with E-state index >= 15 is 0 Å². The Morgan fingerprint density at radius 1 is 0.444 bits per heavy atom. The minimum absolute atomic E-state index is 0. The highest BCUT2D eigenvalue weighted by Gasteiger charge is 0.845. The Balaban J connectivity index is -0.00000000762. The lowest BCUT2D eigenvalue weighted by Crippen LogP contribution is -1.25. The molecule has 0 aromatic rings. The van der Waals surface area contributed by atoms with Crippen molar-refractivity contribution in [2.24, 2.45) is 0 Å². The van der Waals surface area contributed by atoms with E-state index in [1.165, 1.54) is 0 Å². The van der Waals surface area contributed by atoms with E-state index in [1.54, 1.807) is 0 Å². The van der Waals surface area contributed by atoms with E-state index in [9.17, 15) is 0 Å². The number of hydrogen-bond donors (Lipinski definition) is 4. The van der Waals surface area contributed by atoms with E-state index in [4.69, 9.17) is 20.4 Å². The second kappa shape index (κ2) is 3280. The van der Waals surface area contributed by atoms with Gasteiger partial charge >= 0.3 is 0 Å². The SMILES string of the molecule is CO.CO.CO.CO.[Al]. The Kier molecular flexibility index (Phi) is 12500. The summed E-state index contributed by atoms with van der Waals surface area (Å²) >= 11 is 0. The zero-order valence-electron chi connectivity index (χ0n) is 6.37. The molecule has 0 saturated heterocycles. The molecule has 4 nitrogen and oxygen atoms in total. The van der Waals surface area contributed by atoms with Crippen LogP contribution in [0.2, 0.25) is 0 Å². The Hall–Kier alpha value is 0.372. The molecular weight excluding hydrogens is 139 g/mol. The molecule has 0 atom stereocenters. The van der Waals surface area contributed by atoms with Crippen LogP contribution in [-0.2, 0) is 0 Å². The molecule has 0 aliphatic heterocycles. The molecule has 4 N–H and O–H groups in total. The summed E-state index contributed by atoms with van der Waals surface area (Å²) in [6, 6.07) is 0. The lowest BCUT2D eigenvalue weighted by molar-refractivity contribution is 0.399.